The van der Waals surface area contributed by atoms with Crippen molar-refractivity contribution in [2.45, 2.75) is 26.4 Å². The van der Waals surface area contributed by atoms with Crippen molar-refractivity contribution in [2.75, 3.05) is 24.6 Å². The number of hydrogen-bond donors (Lipinski definition) is 1. The molecule has 1 aliphatic heterocycles. The number of aromatic amines is 1. The first-order valence-corrected chi connectivity index (χ1v) is 9.78. The van der Waals surface area contributed by atoms with E-state index in [0.717, 1.165) is 41.2 Å². The molecule has 4 aromatic rings. The number of nitrogens with zero attached hydrogens (tertiary/aromatic N) is 6. The monoisotopic (exact) mass is 387 g/mol. The predicted octanol–water partition coefficient (Wildman–Crippen LogP) is 2.93. The number of nitriles is 1. The molecule has 29 heavy (non-hydrogen) atoms. The lowest BCUT2D eigenvalue weighted by Gasteiger charge is -2.34. The molecule has 8 nitrogen and oxygen atoms in total. The van der Waals surface area contributed by atoms with Crippen LogP contribution in [0.2, 0.25) is 0 Å². The number of H-pyrrole nitrogens is 1. The first-order chi connectivity index (χ1) is 14.2. The van der Waals surface area contributed by atoms with Gasteiger partial charge in [-0.15, -0.1) is 0 Å². The third kappa shape index (κ3) is 2.82. The van der Waals surface area contributed by atoms with Crippen LogP contribution in [0.25, 0.3) is 16.7 Å². The molecule has 146 valence electrons. The second-order valence-corrected chi connectivity index (χ2v) is 7.23. The van der Waals surface area contributed by atoms with Crippen molar-refractivity contribution in [3.05, 3.63) is 53.1 Å². The molecule has 4 heterocycles. The third-order valence-electron chi connectivity index (χ3n) is 5.43. The van der Waals surface area contributed by atoms with Crippen molar-refractivity contribution in [2.24, 2.45) is 0 Å². The summed E-state index contributed by atoms with van der Waals surface area (Å²) in [4.78, 5) is 11.6. The van der Waals surface area contributed by atoms with Gasteiger partial charge in [0.1, 0.15) is 23.8 Å². The molecule has 1 aromatic carbocycles. The van der Waals surface area contributed by atoms with Crippen LogP contribution in [0, 0.1) is 18.3 Å². The van der Waals surface area contributed by atoms with E-state index in [1.165, 1.54) is 0 Å². The number of benzene rings is 1. The number of aromatic nitrogens is 5. The Hall–Kier alpha value is -3.44. The Morgan fingerprint density at radius 2 is 2.17 bits per heavy atom. The van der Waals surface area contributed by atoms with Crippen molar-refractivity contribution in [1.82, 2.24) is 24.6 Å². The number of ether oxygens (including phenoxy) is 1. The molecule has 0 radical (unpaired) electrons. The quantitative estimate of drug-likeness (QED) is 0.581. The number of rotatable bonds is 3. The highest BCUT2D eigenvalue weighted by Crippen LogP contribution is 2.31. The summed E-state index contributed by atoms with van der Waals surface area (Å²) in [6.45, 7) is 5.96. The minimum atomic E-state index is -0.207. The molecule has 1 fully saturated rings. The lowest BCUT2D eigenvalue weighted by molar-refractivity contribution is 0.0339. The third-order valence-corrected chi connectivity index (χ3v) is 5.43. The van der Waals surface area contributed by atoms with E-state index in [4.69, 9.17) is 9.72 Å². The minimum absolute atomic E-state index is 0.207. The largest absolute Gasteiger partial charge is 0.366 e. The highest BCUT2D eigenvalue weighted by molar-refractivity contribution is 5.85. The maximum atomic E-state index is 9.70. The number of imidazole rings is 1. The first kappa shape index (κ1) is 17.6. The van der Waals surface area contributed by atoms with Crippen LogP contribution in [-0.2, 0) is 11.2 Å². The van der Waals surface area contributed by atoms with Gasteiger partial charge in [-0.2, -0.15) is 10.4 Å². The summed E-state index contributed by atoms with van der Waals surface area (Å²) in [5, 5.41) is 17.0. The van der Waals surface area contributed by atoms with Gasteiger partial charge in [0.25, 0.3) is 0 Å². The lowest BCUT2D eigenvalue weighted by Crippen LogP contribution is -2.39. The van der Waals surface area contributed by atoms with E-state index in [0.29, 0.717) is 30.2 Å². The van der Waals surface area contributed by atoms with Gasteiger partial charge in [-0.25, -0.2) is 9.97 Å². The molecule has 0 aliphatic carbocycles. The average Bonchev–Trinajstić information content (AvgIpc) is 3.38. The van der Waals surface area contributed by atoms with Crippen molar-refractivity contribution < 1.29 is 4.74 Å². The maximum Gasteiger partial charge on any atom is 0.181 e. The zero-order valence-corrected chi connectivity index (χ0v) is 16.4. The van der Waals surface area contributed by atoms with Crippen LogP contribution < -0.4 is 4.90 Å². The zero-order valence-electron chi connectivity index (χ0n) is 16.4. The summed E-state index contributed by atoms with van der Waals surface area (Å²) in [5.74, 6) is 2.55. The van der Waals surface area contributed by atoms with Crippen molar-refractivity contribution in [1.29, 1.82) is 5.26 Å². The van der Waals surface area contributed by atoms with Crippen LogP contribution >= 0.6 is 0 Å². The van der Waals surface area contributed by atoms with E-state index in [9.17, 15) is 5.26 Å². The Bertz CT molecular complexity index is 1250. The zero-order chi connectivity index (χ0) is 20.0. The lowest BCUT2D eigenvalue weighted by atomic mass is 10.1. The van der Waals surface area contributed by atoms with Crippen LogP contribution in [0.4, 0.5) is 5.82 Å². The molecule has 8 heteroatoms. The Morgan fingerprint density at radius 1 is 1.31 bits per heavy atom. The number of pyridine rings is 1. The minimum Gasteiger partial charge on any atom is -0.366 e. The van der Waals surface area contributed by atoms with Crippen LogP contribution in [0.15, 0.2) is 30.3 Å². The molecule has 1 atom stereocenters. The smallest absolute Gasteiger partial charge is 0.181 e. The molecule has 5 rings (SSSR count). The molecule has 0 bridgehead atoms. The van der Waals surface area contributed by atoms with Crippen molar-refractivity contribution in [3.8, 4) is 6.07 Å². The Morgan fingerprint density at radius 3 is 2.97 bits per heavy atom. The van der Waals surface area contributed by atoms with Crippen LogP contribution in [0.1, 0.15) is 35.8 Å². The first-order valence-electron chi connectivity index (χ1n) is 9.78. The number of fused-ring (bicyclic) bond motifs is 3. The van der Waals surface area contributed by atoms with Crippen LogP contribution in [-0.4, -0.2) is 44.3 Å². The van der Waals surface area contributed by atoms with Gasteiger partial charge in [0, 0.05) is 13.0 Å². The molecule has 1 unspecified atom stereocenters. The summed E-state index contributed by atoms with van der Waals surface area (Å²) < 4.78 is 8.05. The molecule has 1 N–H and O–H groups in total. The molecule has 1 saturated heterocycles. The van der Waals surface area contributed by atoms with E-state index in [-0.39, 0.29) is 6.10 Å². The molecular formula is C21H21N7O. The van der Waals surface area contributed by atoms with E-state index in [2.05, 4.69) is 36.6 Å². The number of anilines is 1. The van der Waals surface area contributed by atoms with Crippen molar-refractivity contribution >= 4 is 22.5 Å². The summed E-state index contributed by atoms with van der Waals surface area (Å²) >= 11 is 0. The second kappa shape index (κ2) is 6.87. The average molecular weight is 387 g/mol. The predicted molar refractivity (Wildman–Crippen MR) is 109 cm³/mol. The fourth-order valence-corrected chi connectivity index (χ4v) is 3.93. The van der Waals surface area contributed by atoms with Gasteiger partial charge < -0.3 is 9.64 Å². The highest BCUT2D eigenvalue weighted by atomic mass is 16.5. The van der Waals surface area contributed by atoms with E-state index >= 15 is 0 Å². The molecule has 0 saturated carbocycles. The number of morpholine rings is 1. The molecule has 0 amide bonds. The maximum absolute atomic E-state index is 9.70. The SMILES string of the molecule is CCc1nc(C2CN(c3cc(C)c(C#N)c4nc5ccccc5n34)CCO2)n[nH]1. The number of aryl methyl sites for hydroxylation is 2. The fourth-order valence-electron chi connectivity index (χ4n) is 3.93. The van der Waals surface area contributed by atoms with Gasteiger partial charge >= 0.3 is 0 Å². The van der Waals surface area contributed by atoms with Crippen LogP contribution in [0.5, 0.6) is 0 Å². The topological polar surface area (TPSA) is 95.1 Å². The van der Waals surface area contributed by atoms with Gasteiger partial charge in [-0.05, 0) is 30.7 Å². The number of para-hydroxylation sites is 2. The van der Waals surface area contributed by atoms with Gasteiger partial charge in [0.2, 0.25) is 0 Å². The summed E-state index contributed by atoms with van der Waals surface area (Å²) in [6.07, 6.45) is 0.598. The van der Waals surface area contributed by atoms with Crippen molar-refractivity contribution in [3.63, 3.8) is 0 Å². The summed E-state index contributed by atoms with van der Waals surface area (Å²) in [6, 6.07) is 12.4. The highest BCUT2D eigenvalue weighted by Gasteiger charge is 2.28. The van der Waals surface area contributed by atoms with Gasteiger partial charge in [-0.1, -0.05) is 19.1 Å². The Balaban J connectivity index is 1.63. The summed E-state index contributed by atoms with van der Waals surface area (Å²) in [7, 11) is 0. The molecule has 1 aliphatic rings. The van der Waals surface area contributed by atoms with Crippen LogP contribution in [0.3, 0.4) is 0 Å². The van der Waals surface area contributed by atoms with E-state index < -0.39 is 0 Å². The summed E-state index contributed by atoms with van der Waals surface area (Å²) in [5.41, 5.74) is 4.08. The Kier molecular flexibility index (Phi) is 4.18. The molecule has 0 spiro atoms. The van der Waals surface area contributed by atoms with E-state index in [1.807, 2.05) is 38.1 Å². The number of nitrogens with one attached hydrogen (secondary N) is 1. The Labute approximate surface area is 167 Å². The van der Waals surface area contributed by atoms with Gasteiger partial charge in [0.15, 0.2) is 11.5 Å². The normalized spacial score (nSPS) is 17.1. The van der Waals surface area contributed by atoms with Gasteiger partial charge in [0.05, 0.1) is 29.7 Å². The standard InChI is InChI=1S/C21H21N7O/c1-3-18-24-20(26-25-18)17-12-27(8-9-29-17)19-10-13(2)14(11-22)21-23-15-6-4-5-7-16(15)28(19)21/h4-7,10,17H,3,8-9,12H2,1-2H3,(H,24,25,26). The second-order valence-electron chi connectivity index (χ2n) is 7.23. The van der Waals surface area contributed by atoms with Gasteiger partial charge in [-0.3, -0.25) is 9.50 Å². The molecular weight excluding hydrogens is 366 g/mol. The molecule has 3 aromatic heterocycles. The number of hydrogen-bond acceptors (Lipinski definition) is 6. The van der Waals surface area contributed by atoms with E-state index in [1.54, 1.807) is 0 Å². The fraction of sp³-hybridized carbons (Fsp3) is 0.333.